The molecule has 0 saturated carbocycles. The van der Waals surface area contributed by atoms with Crippen molar-refractivity contribution in [3.8, 4) is 0 Å². The van der Waals surface area contributed by atoms with Crippen LogP contribution in [0.1, 0.15) is 32.6 Å². The summed E-state index contributed by atoms with van der Waals surface area (Å²) in [6.45, 7) is 5.24. The van der Waals surface area contributed by atoms with E-state index in [1.165, 1.54) is 0 Å². The van der Waals surface area contributed by atoms with Crippen LogP contribution in [0, 0.1) is 0 Å². The molecular formula is C14H27NO5. The van der Waals surface area contributed by atoms with Crippen molar-refractivity contribution >= 4 is 5.97 Å². The number of nitrogens with zero attached hydrogens (tertiary/aromatic N) is 1. The van der Waals surface area contributed by atoms with E-state index in [1.807, 2.05) is 0 Å². The summed E-state index contributed by atoms with van der Waals surface area (Å²) in [6.07, 6.45) is 3.33. The van der Waals surface area contributed by atoms with Crippen molar-refractivity contribution in [1.82, 2.24) is 4.90 Å². The van der Waals surface area contributed by atoms with Gasteiger partial charge in [-0.15, -0.1) is 0 Å². The van der Waals surface area contributed by atoms with Crippen molar-refractivity contribution in [2.45, 2.75) is 44.8 Å². The summed E-state index contributed by atoms with van der Waals surface area (Å²) in [6, 6.07) is 0. The molecule has 0 aromatic rings. The van der Waals surface area contributed by atoms with Gasteiger partial charge in [0.05, 0.1) is 18.8 Å². The van der Waals surface area contributed by atoms with Crippen molar-refractivity contribution in [3.05, 3.63) is 0 Å². The van der Waals surface area contributed by atoms with Crippen LogP contribution in [0.15, 0.2) is 0 Å². The van der Waals surface area contributed by atoms with E-state index < -0.39 is 12.1 Å². The Balaban J connectivity index is 2.07. The second-order valence-electron chi connectivity index (χ2n) is 5.29. The number of aliphatic hydroxyl groups is 1. The molecule has 6 heteroatoms. The number of β-amino-alcohol motifs (C(OH)–C–C–N with tert-alkyl or cyclic N) is 1. The van der Waals surface area contributed by atoms with Gasteiger partial charge in [0.25, 0.3) is 0 Å². The Morgan fingerprint density at radius 2 is 2.10 bits per heavy atom. The standard InChI is InChI=1S/C14H27NO5/c1-2-3-8-19-10-12(16)9-15-6-4-13(5-7-15)20-11-14(17)18/h12-13,16H,2-11H2,1H3,(H,17,18). The van der Waals surface area contributed by atoms with Gasteiger partial charge in [0.15, 0.2) is 0 Å². The zero-order valence-corrected chi connectivity index (χ0v) is 12.3. The van der Waals surface area contributed by atoms with Crippen molar-refractivity contribution in [1.29, 1.82) is 0 Å². The molecule has 20 heavy (non-hydrogen) atoms. The van der Waals surface area contributed by atoms with E-state index >= 15 is 0 Å². The molecule has 1 fully saturated rings. The highest BCUT2D eigenvalue weighted by Gasteiger charge is 2.22. The van der Waals surface area contributed by atoms with Gasteiger partial charge >= 0.3 is 5.97 Å². The van der Waals surface area contributed by atoms with Gasteiger partial charge < -0.3 is 24.6 Å². The Morgan fingerprint density at radius 1 is 1.40 bits per heavy atom. The van der Waals surface area contributed by atoms with Crippen molar-refractivity contribution in [3.63, 3.8) is 0 Å². The predicted molar refractivity (Wildman–Crippen MR) is 74.8 cm³/mol. The summed E-state index contributed by atoms with van der Waals surface area (Å²) in [5, 5.41) is 18.4. The molecule has 0 aromatic heterocycles. The van der Waals surface area contributed by atoms with E-state index in [1.54, 1.807) is 0 Å². The predicted octanol–water partition coefficient (Wildman–Crippen LogP) is 0.730. The lowest BCUT2D eigenvalue weighted by Crippen LogP contribution is -2.42. The van der Waals surface area contributed by atoms with Crippen LogP contribution in [0.4, 0.5) is 0 Å². The topological polar surface area (TPSA) is 79.2 Å². The number of carboxylic acid groups (broad SMARTS) is 1. The first-order valence-corrected chi connectivity index (χ1v) is 7.43. The summed E-state index contributed by atoms with van der Waals surface area (Å²) >= 11 is 0. The van der Waals surface area contributed by atoms with Crippen LogP contribution in [-0.4, -0.2) is 72.7 Å². The van der Waals surface area contributed by atoms with Gasteiger partial charge in [0, 0.05) is 26.2 Å². The van der Waals surface area contributed by atoms with E-state index in [-0.39, 0.29) is 12.7 Å². The maximum Gasteiger partial charge on any atom is 0.329 e. The lowest BCUT2D eigenvalue weighted by atomic mass is 10.1. The van der Waals surface area contributed by atoms with E-state index in [4.69, 9.17) is 14.6 Å². The Bertz CT molecular complexity index is 266. The smallest absolute Gasteiger partial charge is 0.329 e. The van der Waals surface area contributed by atoms with Crippen molar-refractivity contribution in [2.24, 2.45) is 0 Å². The quantitative estimate of drug-likeness (QED) is 0.577. The lowest BCUT2D eigenvalue weighted by Gasteiger charge is -2.32. The molecule has 0 aliphatic carbocycles. The number of aliphatic hydroxyl groups excluding tert-OH is 1. The van der Waals surface area contributed by atoms with Crippen LogP contribution in [0.3, 0.4) is 0 Å². The minimum Gasteiger partial charge on any atom is -0.480 e. The fraction of sp³-hybridized carbons (Fsp3) is 0.929. The van der Waals surface area contributed by atoms with Crippen LogP contribution in [-0.2, 0) is 14.3 Å². The minimum atomic E-state index is -0.924. The number of unbranched alkanes of at least 4 members (excludes halogenated alkanes) is 1. The van der Waals surface area contributed by atoms with Gasteiger partial charge in [-0.2, -0.15) is 0 Å². The highest BCUT2D eigenvalue weighted by molar-refractivity contribution is 5.68. The van der Waals surface area contributed by atoms with Gasteiger partial charge in [-0.3, -0.25) is 0 Å². The third-order valence-corrected chi connectivity index (χ3v) is 3.40. The summed E-state index contributed by atoms with van der Waals surface area (Å²) in [5.74, 6) is -0.924. The minimum absolute atomic E-state index is 0.0281. The second-order valence-corrected chi connectivity index (χ2v) is 5.29. The normalized spacial score (nSPS) is 19.1. The number of piperidine rings is 1. The Morgan fingerprint density at radius 3 is 2.70 bits per heavy atom. The van der Waals surface area contributed by atoms with Crippen LogP contribution < -0.4 is 0 Å². The lowest BCUT2D eigenvalue weighted by molar-refractivity contribution is -0.145. The third-order valence-electron chi connectivity index (χ3n) is 3.40. The second kappa shape index (κ2) is 10.1. The number of rotatable bonds is 10. The molecule has 1 aliphatic heterocycles. The molecule has 1 aliphatic rings. The summed E-state index contributed by atoms with van der Waals surface area (Å²) in [4.78, 5) is 12.6. The average molecular weight is 289 g/mol. The largest absolute Gasteiger partial charge is 0.480 e. The fourth-order valence-electron chi connectivity index (χ4n) is 2.26. The first-order chi connectivity index (χ1) is 9.61. The maximum atomic E-state index is 10.4. The molecular weight excluding hydrogens is 262 g/mol. The maximum absolute atomic E-state index is 10.4. The Labute approximate surface area is 120 Å². The van der Waals surface area contributed by atoms with Crippen LogP contribution in [0.25, 0.3) is 0 Å². The van der Waals surface area contributed by atoms with E-state index in [0.29, 0.717) is 19.8 Å². The molecule has 1 saturated heterocycles. The zero-order valence-electron chi connectivity index (χ0n) is 12.3. The molecule has 1 rings (SSSR count). The highest BCUT2D eigenvalue weighted by atomic mass is 16.5. The number of hydrogen-bond donors (Lipinski definition) is 2. The van der Waals surface area contributed by atoms with Gasteiger partial charge in [-0.25, -0.2) is 4.79 Å². The molecule has 0 aromatic carbocycles. The third kappa shape index (κ3) is 7.79. The number of hydrogen-bond acceptors (Lipinski definition) is 5. The number of likely N-dealkylation sites (tertiary alicyclic amines) is 1. The summed E-state index contributed by atoms with van der Waals surface area (Å²) < 4.78 is 10.7. The number of ether oxygens (including phenoxy) is 2. The SMILES string of the molecule is CCCCOCC(O)CN1CCC(OCC(=O)O)CC1. The van der Waals surface area contributed by atoms with Crippen LogP contribution in [0.5, 0.6) is 0 Å². The molecule has 6 nitrogen and oxygen atoms in total. The van der Waals surface area contributed by atoms with Gasteiger partial charge in [-0.05, 0) is 19.3 Å². The van der Waals surface area contributed by atoms with Gasteiger partial charge in [0.1, 0.15) is 6.61 Å². The van der Waals surface area contributed by atoms with E-state index in [9.17, 15) is 9.90 Å². The molecule has 0 amide bonds. The van der Waals surface area contributed by atoms with Crippen molar-refractivity contribution in [2.75, 3.05) is 39.5 Å². The first-order valence-electron chi connectivity index (χ1n) is 7.43. The molecule has 1 atom stereocenters. The monoisotopic (exact) mass is 289 g/mol. The molecule has 1 unspecified atom stereocenters. The van der Waals surface area contributed by atoms with E-state index in [2.05, 4.69) is 11.8 Å². The van der Waals surface area contributed by atoms with Crippen molar-refractivity contribution < 1.29 is 24.5 Å². The van der Waals surface area contributed by atoms with Crippen LogP contribution in [0.2, 0.25) is 0 Å². The zero-order chi connectivity index (χ0) is 14.8. The molecule has 0 radical (unpaired) electrons. The summed E-state index contributed by atoms with van der Waals surface area (Å²) in [7, 11) is 0. The Hall–Kier alpha value is -0.690. The van der Waals surface area contributed by atoms with Crippen LogP contribution >= 0.6 is 0 Å². The molecule has 2 N–H and O–H groups in total. The molecule has 0 spiro atoms. The first kappa shape index (κ1) is 17.4. The molecule has 118 valence electrons. The Kier molecular flexibility index (Phi) is 8.77. The molecule has 0 bridgehead atoms. The van der Waals surface area contributed by atoms with E-state index in [0.717, 1.165) is 38.8 Å². The van der Waals surface area contributed by atoms with Gasteiger partial charge in [0.2, 0.25) is 0 Å². The highest BCUT2D eigenvalue weighted by Crippen LogP contribution is 2.13. The number of aliphatic carboxylic acids is 1. The summed E-state index contributed by atoms with van der Waals surface area (Å²) in [5.41, 5.74) is 0. The average Bonchev–Trinajstić information content (AvgIpc) is 2.43. The van der Waals surface area contributed by atoms with Gasteiger partial charge in [-0.1, -0.05) is 13.3 Å². The number of carboxylic acids is 1. The molecule has 1 heterocycles. The fourth-order valence-corrected chi connectivity index (χ4v) is 2.26. The number of carbonyl (C=O) groups is 1.